The van der Waals surface area contributed by atoms with Crippen LogP contribution in [0.3, 0.4) is 0 Å². The second-order valence-electron chi connectivity index (χ2n) is 8.84. The summed E-state index contributed by atoms with van der Waals surface area (Å²) in [5.41, 5.74) is 4.64. The van der Waals surface area contributed by atoms with Gasteiger partial charge in [-0.15, -0.1) is 0 Å². The smallest absolute Gasteiger partial charge is 0.339 e. The van der Waals surface area contributed by atoms with Gasteiger partial charge in [0.05, 0.1) is 17.9 Å². The van der Waals surface area contributed by atoms with Crippen LogP contribution in [-0.4, -0.2) is 29.1 Å². The lowest BCUT2D eigenvalue weighted by Gasteiger charge is -2.29. The lowest BCUT2D eigenvalue weighted by Crippen LogP contribution is -2.41. The van der Waals surface area contributed by atoms with E-state index in [9.17, 15) is 9.59 Å². The average Bonchev–Trinajstić information content (AvgIpc) is 3.18. The van der Waals surface area contributed by atoms with Gasteiger partial charge in [-0.25, -0.2) is 4.79 Å². The molecule has 4 rings (SSSR count). The first-order valence-corrected chi connectivity index (χ1v) is 11.9. The Hall–Kier alpha value is -3.34. The van der Waals surface area contributed by atoms with E-state index in [0.29, 0.717) is 23.7 Å². The molecule has 1 saturated carbocycles. The van der Waals surface area contributed by atoms with Gasteiger partial charge in [0.2, 0.25) is 0 Å². The normalized spacial score (nSPS) is 18.0. The van der Waals surface area contributed by atoms with Crippen molar-refractivity contribution in [2.75, 3.05) is 6.61 Å². The lowest BCUT2D eigenvalue weighted by atomic mass is 9.86. The monoisotopic (exact) mass is 444 g/mol. The Bertz CT molecular complexity index is 1130. The Kier molecular flexibility index (Phi) is 6.97. The highest BCUT2D eigenvalue weighted by molar-refractivity contribution is 5.95. The van der Waals surface area contributed by atoms with Crippen LogP contribution in [0.4, 0.5) is 0 Å². The van der Waals surface area contributed by atoms with Crippen LogP contribution >= 0.6 is 0 Å². The predicted octanol–water partition coefficient (Wildman–Crippen LogP) is 5.94. The summed E-state index contributed by atoms with van der Waals surface area (Å²) in [7, 11) is 0. The van der Waals surface area contributed by atoms with Gasteiger partial charge in [-0.3, -0.25) is 4.79 Å². The minimum Gasteiger partial charge on any atom is -0.462 e. The molecule has 1 N–H and O–H groups in total. The number of nitrogens with zero attached hydrogens (tertiary/aromatic N) is 1. The van der Waals surface area contributed by atoms with Crippen LogP contribution in [0.1, 0.15) is 65.9 Å². The summed E-state index contributed by atoms with van der Waals surface area (Å²) in [6.45, 7) is 6.25. The molecule has 0 spiro atoms. The number of esters is 1. The molecule has 1 heterocycles. The summed E-state index contributed by atoms with van der Waals surface area (Å²) < 4.78 is 7.32. The molecule has 1 amide bonds. The van der Waals surface area contributed by atoms with E-state index in [2.05, 4.69) is 12.2 Å². The van der Waals surface area contributed by atoms with Gasteiger partial charge >= 0.3 is 5.97 Å². The number of benzene rings is 2. The fourth-order valence-electron chi connectivity index (χ4n) is 4.75. The van der Waals surface area contributed by atoms with Crippen molar-refractivity contribution in [2.45, 2.75) is 52.5 Å². The molecular formula is C28H32N2O3. The highest BCUT2D eigenvalue weighted by Gasteiger charge is 2.24. The fourth-order valence-corrected chi connectivity index (χ4v) is 4.75. The molecule has 0 saturated heterocycles. The number of amides is 1. The molecule has 0 unspecified atom stereocenters. The number of aromatic nitrogens is 1. The molecule has 0 bridgehead atoms. The molecule has 0 aliphatic heterocycles. The van der Waals surface area contributed by atoms with Gasteiger partial charge < -0.3 is 14.6 Å². The lowest BCUT2D eigenvalue weighted by molar-refractivity contribution is 0.0525. The summed E-state index contributed by atoms with van der Waals surface area (Å²) in [5.74, 6) is 0.104. The van der Waals surface area contributed by atoms with Gasteiger partial charge in [-0.2, -0.15) is 0 Å². The topological polar surface area (TPSA) is 60.3 Å². The molecule has 1 fully saturated rings. The standard InChI is InChI=1S/C28H32N2O3/c1-4-33-28(32)24-18-26(21-12-6-5-7-13-21)30(20(24)3)23-15-10-14-22(17-23)27(31)29-25-16-9-8-11-19(25)2/h5-7,10,12-15,17-19,25H,4,8-9,11,16H2,1-3H3,(H,29,31)/t19-,25-/m1/s1. The van der Waals surface area contributed by atoms with Crippen molar-refractivity contribution in [3.63, 3.8) is 0 Å². The molecule has 2 aromatic carbocycles. The Labute approximate surface area is 195 Å². The third-order valence-electron chi connectivity index (χ3n) is 6.61. The SMILES string of the molecule is CCOC(=O)c1cc(-c2ccccc2)n(-c2cccc(C(=O)N[C@@H]3CCCC[C@H]3C)c2)c1C. The highest BCUT2D eigenvalue weighted by Crippen LogP contribution is 2.30. The summed E-state index contributed by atoms with van der Waals surface area (Å²) in [4.78, 5) is 25.7. The summed E-state index contributed by atoms with van der Waals surface area (Å²) in [5, 5.41) is 3.24. The number of nitrogens with one attached hydrogen (secondary N) is 1. The van der Waals surface area contributed by atoms with Crippen LogP contribution < -0.4 is 5.32 Å². The zero-order chi connectivity index (χ0) is 23.4. The number of carbonyl (C=O) groups is 2. The third kappa shape index (κ3) is 4.87. The maximum absolute atomic E-state index is 13.1. The molecule has 5 heteroatoms. The average molecular weight is 445 g/mol. The largest absolute Gasteiger partial charge is 0.462 e. The molecular weight excluding hydrogens is 412 g/mol. The van der Waals surface area contributed by atoms with E-state index in [1.54, 1.807) is 6.92 Å². The first-order chi connectivity index (χ1) is 16.0. The van der Waals surface area contributed by atoms with Crippen molar-refractivity contribution < 1.29 is 14.3 Å². The van der Waals surface area contributed by atoms with Gasteiger partial charge in [-0.1, -0.05) is 56.2 Å². The van der Waals surface area contributed by atoms with Crippen molar-refractivity contribution in [1.29, 1.82) is 0 Å². The fraction of sp³-hybridized carbons (Fsp3) is 0.357. The van der Waals surface area contributed by atoms with E-state index in [1.807, 2.05) is 72.2 Å². The molecule has 0 radical (unpaired) electrons. The predicted molar refractivity (Wildman–Crippen MR) is 131 cm³/mol. The van der Waals surface area contributed by atoms with Gasteiger partial charge in [-0.05, 0) is 62.4 Å². The first kappa shape index (κ1) is 22.8. The van der Waals surface area contributed by atoms with Crippen molar-refractivity contribution in [1.82, 2.24) is 9.88 Å². The van der Waals surface area contributed by atoms with Crippen LogP contribution in [0.2, 0.25) is 0 Å². The Morgan fingerprint density at radius 3 is 2.52 bits per heavy atom. The summed E-state index contributed by atoms with van der Waals surface area (Å²) in [6, 6.07) is 19.6. The number of rotatable bonds is 6. The Morgan fingerprint density at radius 2 is 1.79 bits per heavy atom. The number of hydrogen-bond donors (Lipinski definition) is 1. The van der Waals surface area contributed by atoms with Crippen LogP contribution in [0.5, 0.6) is 0 Å². The molecule has 1 aliphatic carbocycles. The van der Waals surface area contributed by atoms with Crippen LogP contribution in [0.15, 0.2) is 60.7 Å². The molecule has 1 aromatic heterocycles. The van der Waals surface area contributed by atoms with Crippen LogP contribution in [0.25, 0.3) is 16.9 Å². The maximum atomic E-state index is 13.1. The quantitative estimate of drug-likeness (QED) is 0.479. The van der Waals surface area contributed by atoms with Crippen molar-refractivity contribution in [3.8, 4) is 16.9 Å². The molecule has 1 aliphatic rings. The summed E-state index contributed by atoms with van der Waals surface area (Å²) in [6.07, 6.45) is 4.59. The number of carbonyl (C=O) groups excluding carboxylic acids is 2. The number of hydrogen-bond acceptors (Lipinski definition) is 3. The van der Waals surface area contributed by atoms with Crippen molar-refractivity contribution >= 4 is 11.9 Å². The maximum Gasteiger partial charge on any atom is 0.339 e. The van der Waals surface area contributed by atoms with E-state index in [4.69, 9.17) is 4.74 Å². The molecule has 3 aromatic rings. The molecule has 2 atom stereocenters. The zero-order valence-corrected chi connectivity index (χ0v) is 19.6. The summed E-state index contributed by atoms with van der Waals surface area (Å²) >= 11 is 0. The van der Waals surface area contributed by atoms with Crippen molar-refractivity contribution in [3.05, 3.63) is 77.5 Å². The van der Waals surface area contributed by atoms with E-state index in [-0.39, 0.29) is 17.9 Å². The highest BCUT2D eigenvalue weighted by atomic mass is 16.5. The Morgan fingerprint density at radius 1 is 1.03 bits per heavy atom. The number of ether oxygens (including phenoxy) is 1. The van der Waals surface area contributed by atoms with Crippen LogP contribution in [0, 0.1) is 12.8 Å². The van der Waals surface area contributed by atoms with E-state index >= 15 is 0 Å². The van der Waals surface area contributed by atoms with Gasteiger partial charge in [0, 0.05) is 23.0 Å². The van der Waals surface area contributed by atoms with E-state index in [1.165, 1.54) is 6.42 Å². The van der Waals surface area contributed by atoms with Gasteiger partial charge in [0.15, 0.2) is 0 Å². The molecule has 33 heavy (non-hydrogen) atoms. The van der Waals surface area contributed by atoms with Gasteiger partial charge in [0.1, 0.15) is 0 Å². The second kappa shape index (κ2) is 10.1. The minimum atomic E-state index is -0.342. The van der Waals surface area contributed by atoms with E-state index in [0.717, 1.165) is 41.9 Å². The second-order valence-corrected chi connectivity index (χ2v) is 8.84. The minimum absolute atomic E-state index is 0.0488. The third-order valence-corrected chi connectivity index (χ3v) is 6.61. The molecule has 5 nitrogen and oxygen atoms in total. The van der Waals surface area contributed by atoms with Crippen molar-refractivity contribution in [2.24, 2.45) is 5.92 Å². The molecule has 172 valence electrons. The van der Waals surface area contributed by atoms with Crippen LogP contribution in [-0.2, 0) is 4.74 Å². The van der Waals surface area contributed by atoms with Gasteiger partial charge in [0.25, 0.3) is 5.91 Å². The first-order valence-electron chi connectivity index (χ1n) is 11.9. The Balaban J connectivity index is 1.72. The zero-order valence-electron chi connectivity index (χ0n) is 19.6. The van der Waals surface area contributed by atoms with E-state index < -0.39 is 0 Å².